The van der Waals surface area contributed by atoms with E-state index in [9.17, 15) is 22.0 Å². The predicted molar refractivity (Wildman–Crippen MR) is 105 cm³/mol. The van der Waals surface area contributed by atoms with Crippen molar-refractivity contribution in [3.63, 3.8) is 0 Å². The van der Waals surface area contributed by atoms with Gasteiger partial charge in [0.15, 0.2) is 11.9 Å². The lowest BCUT2D eigenvalue weighted by atomic mass is 9.99. The van der Waals surface area contributed by atoms with Crippen molar-refractivity contribution in [2.45, 2.75) is 23.2 Å². The molecule has 2 heterocycles. The lowest BCUT2D eigenvalue weighted by Gasteiger charge is -2.44. The second kappa shape index (κ2) is 8.13. The van der Waals surface area contributed by atoms with Crippen LogP contribution in [0.2, 0.25) is 0 Å². The number of ether oxygens (including phenoxy) is 1. The number of halogens is 3. The van der Waals surface area contributed by atoms with Crippen LogP contribution >= 0.6 is 0 Å². The van der Waals surface area contributed by atoms with E-state index in [0.717, 1.165) is 27.4 Å². The number of hydrogen-bond acceptors (Lipinski definition) is 4. The largest absolute Gasteiger partial charge is 0.355 e. The molecule has 2 aliphatic heterocycles. The summed E-state index contributed by atoms with van der Waals surface area (Å²) in [7, 11) is -4.02. The van der Waals surface area contributed by atoms with Crippen molar-refractivity contribution in [3.05, 3.63) is 60.2 Å². The Hall–Kier alpha value is -2.63. The summed E-state index contributed by atoms with van der Waals surface area (Å²) in [5, 5.41) is 2.22. The number of sulfonamides is 1. The number of piperidine rings is 1. The van der Waals surface area contributed by atoms with Crippen LogP contribution in [0, 0.1) is 11.6 Å². The molecule has 1 spiro atoms. The Balaban J connectivity index is 1.52. The van der Waals surface area contributed by atoms with Crippen LogP contribution in [0.15, 0.2) is 53.4 Å². The molecule has 4 rings (SSSR count). The summed E-state index contributed by atoms with van der Waals surface area (Å²) in [6.07, 6.45) is -1.95. The number of alkyl halides is 1. The van der Waals surface area contributed by atoms with Gasteiger partial charge >= 0.3 is 6.03 Å². The number of urea groups is 1. The molecule has 2 aromatic rings. The summed E-state index contributed by atoms with van der Waals surface area (Å²) < 4.78 is 75.3. The van der Waals surface area contributed by atoms with Crippen molar-refractivity contribution >= 4 is 21.7 Å². The van der Waals surface area contributed by atoms with Gasteiger partial charge in [-0.2, -0.15) is 4.31 Å². The third-order valence-electron chi connectivity index (χ3n) is 5.47. The second-order valence-corrected chi connectivity index (χ2v) is 9.16. The Morgan fingerprint density at radius 3 is 2.58 bits per heavy atom. The molecular weight excluding hydrogens is 435 g/mol. The van der Waals surface area contributed by atoms with Crippen LogP contribution in [0.5, 0.6) is 0 Å². The smallest absolute Gasteiger partial charge is 0.322 e. The first-order valence-electron chi connectivity index (χ1n) is 9.61. The van der Waals surface area contributed by atoms with Crippen LogP contribution in [0.25, 0.3) is 0 Å². The Bertz CT molecular complexity index is 1090. The standard InChI is InChI=1S/C20H20F3N3O4S/c21-14-6-7-16(22)17(12-14)24-19(27)25-9-8-20(18(23)13-25)26(10-11-30-20)31(28,29)15-4-2-1-3-5-15/h1-7,12,18H,8-11,13H2,(H,24,27). The minimum atomic E-state index is -4.02. The van der Waals surface area contributed by atoms with E-state index in [-0.39, 0.29) is 36.7 Å². The average Bonchev–Trinajstić information content (AvgIpc) is 3.19. The zero-order valence-electron chi connectivity index (χ0n) is 16.3. The molecule has 31 heavy (non-hydrogen) atoms. The highest BCUT2D eigenvalue weighted by Gasteiger charge is 2.57. The maximum absolute atomic E-state index is 15.3. The molecular formula is C20H20F3N3O4S. The molecule has 2 unspecified atom stereocenters. The molecule has 166 valence electrons. The van der Waals surface area contributed by atoms with Crippen LogP contribution in [0.3, 0.4) is 0 Å². The number of carbonyl (C=O) groups is 1. The van der Waals surface area contributed by atoms with Gasteiger partial charge in [-0.3, -0.25) is 0 Å². The number of hydrogen-bond donors (Lipinski definition) is 1. The van der Waals surface area contributed by atoms with Gasteiger partial charge in [-0.05, 0) is 24.3 Å². The van der Waals surface area contributed by atoms with Crippen molar-refractivity contribution < 1.29 is 31.1 Å². The van der Waals surface area contributed by atoms with E-state index in [2.05, 4.69) is 5.32 Å². The molecule has 2 atom stereocenters. The molecule has 2 aromatic carbocycles. The fraction of sp³-hybridized carbons (Fsp3) is 0.350. The number of carbonyl (C=O) groups excluding carboxylic acids is 1. The summed E-state index contributed by atoms with van der Waals surface area (Å²) in [5.41, 5.74) is -2.10. The van der Waals surface area contributed by atoms with Crippen molar-refractivity contribution in [2.24, 2.45) is 0 Å². The Morgan fingerprint density at radius 1 is 1.13 bits per heavy atom. The van der Waals surface area contributed by atoms with E-state index in [1.54, 1.807) is 18.2 Å². The first kappa shape index (κ1) is 21.6. The van der Waals surface area contributed by atoms with Gasteiger partial charge in [0, 0.05) is 25.6 Å². The Morgan fingerprint density at radius 2 is 1.87 bits per heavy atom. The number of nitrogens with one attached hydrogen (secondary N) is 1. The van der Waals surface area contributed by atoms with Crippen LogP contribution < -0.4 is 5.32 Å². The molecule has 11 heteroatoms. The maximum atomic E-state index is 15.3. The number of nitrogens with zero attached hydrogens (tertiary/aromatic N) is 2. The van der Waals surface area contributed by atoms with E-state index in [4.69, 9.17) is 4.74 Å². The first-order chi connectivity index (χ1) is 14.7. The molecule has 2 aliphatic rings. The molecule has 0 aliphatic carbocycles. The highest BCUT2D eigenvalue weighted by Crippen LogP contribution is 2.40. The zero-order chi connectivity index (χ0) is 22.2. The summed E-state index contributed by atoms with van der Waals surface area (Å²) in [4.78, 5) is 13.6. The SMILES string of the molecule is O=C(Nc1cc(F)ccc1F)N1CCC2(OCCN2S(=O)(=O)c2ccccc2)C(F)C1. The van der Waals surface area contributed by atoms with E-state index in [0.29, 0.717) is 0 Å². The zero-order valence-corrected chi connectivity index (χ0v) is 17.1. The molecule has 0 bridgehead atoms. The molecule has 2 amide bonds. The summed E-state index contributed by atoms with van der Waals surface area (Å²) in [6.45, 7) is -0.501. The van der Waals surface area contributed by atoms with E-state index in [1.807, 2.05) is 0 Å². The average molecular weight is 455 g/mol. The van der Waals surface area contributed by atoms with Gasteiger partial charge in [-0.25, -0.2) is 26.4 Å². The second-order valence-electron chi connectivity index (χ2n) is 7.30. The van der Waals surface area contributed by atoms with Gasteiger partial charge in [-0.15, -0.1) is 0 Å². The fourth-order valence-electron chi connectivity index (χ4n) is 3.90. The highest BCUT2D eigenvalue weighted by molar-refractivity contribution is 7.89. The Kier molecular flexibility index (Phi) is 5.67. The molecule has 0 aromatic heterocycles. The molecule has 0 saturated carbocycles. The summed E-state index contributed by atoms with van der Waals surface area (Å²) in [5.74, 6) is -1.57. The minimum absolute atomic E-state index is 0.0155. The molecule has 1 N–H and O–H groups in total. The number of rotatable bonds is 3. The van der Waals surface area contributed by atoms with E-state index < -0.39 is 46.1 Å². The lowest BCUT2D eigenvalue weighted by molar-refractivity contribution is -0.134. The molecule has 2 fully saturated rings. The van der Waals surface area contributed by atoms with Gasteiger partial charge in [0.1, 0.15) is 11.6 Å². The summed E-state index contributed by atoms with van der Waals surface area (Å²) >= 11 is 0. The normalized spacial score (nSPS) is 24.5. The minimum Gasteiger partial charge on any atom is -0.355 e. The number of anilines is 1. The van der Waals surface area contributed by atoms with Gasteiger partial charge in [0.05, 0.1) is 23.7 Å². The number of benzene rings is 2. The van der Waals surface area contributed by atoms with Gasteiger partial charge in [0.2, 0.25) is 10.0 Å². The van der Waals surface area contributed by atoms with Crippen LogP contribution in [-0.4, -0.2) is 61.8 Å². The quantitative estimate of drug-likeness (QED) is 0.772. The highest BCUT2D eigenvalue weighted by atomic mass is 32.2. The fourth-order valence-corrected chi connectivity index (χ4v) is 5.64. The van der Waals surface area contributed by atoms with Crippen LogP contribution in [0.1, 0.15) is 6.42 Å². The first-order valence-corrected chi connectivity index (χ1v) is 11.0. The molecule has 2 saturated heterocycles. The van der Waals surface area contributed by atoms with Crippen molar-refractivity contribution in [1.29, 1.82) is 0 Å². The third kappa shape index (κ3) is 3.88. The van der Waals surface area contributed by atoms with Crippen molar-refractivity contribution in [1.82, 2.24) is 9.21 Å². The summed E-state index contributed by atoms with van der Waals surface area (Å²) in [6, 6.07) is 9.43. The van der Waals surface area contributed by atoms with Crippen molar-refractivity contribution in [2.75, 3.05) is 31.6 Å². The van der Waals surface area contributed by atoms with Gasteiger partial charge < -0.3 is 15.0 Å². The Labute approximate surface area is 177 Å². The van der Waals surface area contributed by atoms with Crippen LogP contribution in [0.4, 0.5) is 23.7 Å². The topological polar surface area (TPSA) is 79.0 Å². The third-order valence-corrected chi connectivity index (χ3v) is 7.41. The molecule has 7 nitrogen and oxygen atoms in total. The van der Waals surface area contributed by atoms with Crippen LogP contribution in [-0.2, 0) is 14.8 Å². The predicted octanol–water partition coefficient (Wildman–Crippen LogP) is 2.96. The van der Waals surface area contributed by atoms with E-state index in [1.165, 1.54) is 12.1 Å². The van der Waals surface area contributed by atoms with Gasteiger partial charge in [-0.1, -0.05) is 18.2 Å². The number of amides is 2. The van der Waals surface area contributed by atoms with Gasteiger partial charge in [0.25, 0.3) is 0 Å². The lowest BCUT2D eigenvalue weighted by Crippen LogP contribution is -2.63. The molecule has 0 radical (unpaired) electrons. The maximum Gasteiger partial charge on any atom is 0.322 e. The monoisotopic (exact) mass is 455 g/mol. The van der Waals surface area contributed by atoms with Crippen molar-refractivity contribution in [3.8, 4) is 0 Å². The number of likely N-dealkylation sites (tertiary alicyclic amines) is 1. The van der Waals surface area contributed by atoms with E-state index >= 15 is 4.39 Å².